The Morgan fingerprint density at radius 2 is 2.04 bits per heavy atom. The van der Waals surface area contributed by atoms with E-state index in [1.165, 1.54) is 0 Å². The summed E-state index contributed by atoms with van der Waals surface area (Å²) in [4.78, 5) is 27.1. The summed E-state index contributed by atoms with van der Waals surface area (Å²) in [5, 5.41) is 3.39. The van der Waals surface area contributed by atoms with Gasteiger partial charge in [0.25, 0.3) is 5.91 Å². The van der Waals surface area contributed by atoms with E-state index in [9.17, 15) is 4.79 Å². The first-order valence-electron chi connectivity index (χ1n) is 8.62. The van der Waals surface area contributed by atoms with E-state index in [1.807, 2.05) is 17.0 Å². The number of pyridine rings is 1. The Kier molecular flexibility index (Phi) is 4.31. The summed E-state index contributed by atoms with van der Waals surface area (Å²) >= 11 is 0. The molecule has 2 fully saturated rings. The Hall–Kier alpha value is -2.54. The maximum Gasteiger partial charge on any atom is 0.272 e. The molecular weight excluding hydrogens is 318 g/mol. The second kappa shape index (κ2) is 6.76. The number of aromatic nitrogens is 3. The molecule has 130 valence electrons. The van der Waals surface area contributed by atoms with Crippen LogP contribution in [0.2, 0.25) is 0 Å². The fourth-order valence-corrected chi connectivity index (χ4v) is 3.66. The minimum Gasteiger partial charge on any atom is -0.373 e. The van der Waals surface area contributed by atoms with Gasteiger partial charge in [0.05, 0.1) is 12.1 Å². The molecule has 0 aromatic carbocycles. The van der Waals surface area contributed by atoms with E-state index in [0.29, 0.717) is 31.3 Å². The lowest BCUT2D eigenvalue weighted by atomic mass is 9.89. The SMILES string of the molecule is O=C(c1ccccn1)N1CC[C@]2(C[C@@H](Nc3ncccn3)CCO2)C1. The van der Waals surface area contributed by atoms with Crippen molar-refractivity contribution in [3.8, 4) is 0 Å². The second-order valence-corrected chi connectivity index (χ2v) is 6.63. The maximum atomic E-state index is 12.6. The van der Waals surface area contributed by atoms with Crippen LogP contribution >= 0.6 is 0 Å². The molecule has 7 heteroatoms. The normalized spacial score (nSPS) is 25.9. The summed E-state index contributed by atoms with van der Waals surface area (Å²) < 4.78 is 6.12. The van der Waals surface area contributed by atoms with Gasteiger partial charge in [-0.15, -0.1) is 0 Å². The number of likely N-dealkylation sites (tertiary alicyclic amines) is 1. The average Bonchev–Trinajstić information content (AvgIpc) is 3.06. The van der Waals surface area contributed by atoms with E-state index in [1.54, 1.807) is 30.7 Å². The Bertz CT molecular complexity index is 727. The minimum absolute atomic E-state index is 0.0254. The standard InChI is InChI=1S/C18H21N5O2/c24-16(15-4-1-2-7-19-15)23-10-6-18(13-23)12-14(5-11-25-18)22-17-20-8-3-9-21-17/h1-4,7-9,14H,5-6,10-13H2,(H,20,21,22)/t14-,18-/m0/s1. The van der Waals surface area contributed by atoms with Crippen molar-refractivity contribution >= 4 is 11.9 Å². The van der Waals surface area contributed by atoms with Crippen molar-refractivity contribution in [2.75, 3.05) is 25.0 Å². The largest absolute Gasteiger partial charge is 0.373 e. The zero-order valence-corrected chi connectivity index (χ0v) is 14.0. The highest BCUT2D eigenvalue weighted by atomic mass is 16.5. The molecule has 0 bridgehead atoms. The van der Waals surface area contributed by atoms with Crippen LogP contribution in [0.1, 0.15) is 29.8 Å². The van der Waals surface area contributed by atoms with Gasteiger partial charge in [-0.05, 0) is 37.5 Å². The van der Waals surface area contributed by atoms with Crippen molar-refractivity contribution in [2.45, 2.75) is 30.9 Å². The predicted octanol–water partition coefficient (Wildman–Crippen LogP) is 1.75. The van der Waals surface area contributed by atoms with Gasteiger partial charge in [-0.2, -0.15) is 0 Å². The Morgan fingerprint density at radius 3 is 2.84 bits per heavy atom. The minimum atomic E-state index is -0.283. The van der Waals surface area contributed by atoms with Crippen LogP contribution in [0, 0.1) is 0 Å². The summed E-state index contributed by atoms with van der Waals surface area (Å²) in [6.45, 7) is 1.98. The fraction of sp³-hybridized carbons (Fsp3) is 0.444. The molecule has 0 unspecified atom stereocenters. The topological polar surface area (TPSA) is 80.2 Å². The van der Waals surface area contributed by atoms with Crippen LogP contribution in [0.5, 0.6) is 0 Å². The fourth-order valence-electron chi connectivity index (χ4n) is 3.66. The lowest BCUT2D eigenvalue weighted by Crippen LogP contribution is -2.47. The average molecular weight is 339 g/mol. The lowest BCUT2D eigenvalue weighted by molar-refractivity contribution is -0.0721. The molecule has 7 nitrogen and oxygen atoms in total. The smallest absolute Gasteiger partial charge is 0.272 e. The van der Waals surface area contributed by atoms with Gasteiger partial charge in [0, 0.05) is 37.8 Å². The number of nitrogens with zero attached hydrogens (tertiary/aromatic N) is 4. The summed E-state index contributed by atoms with van der Waals surface area (Å²) in [7, 11) is 0. The van der Waals surface area contributed by atoms with Crippen LogP contribution in [-0.4, -0.2) is 57.1 Å². The van der Waals surface area contributed by atoms with Crippen LogP contribution in [-0.2, 0) is 4.74 Å². The zero-order chi connectivity index (χ0) is 17.1. The number of hydrogen-bond donors (Lipinski definition) is 1. The number of carbonyl (C=O) groups is 1. The summed E-state index contributed by atoms with van der Waals surface area (Å²) in [5.41, 5.74) is 0.206. The van der Waals surface area contributed by atoms with Gasteiger partial charge in [-0.25, -0.2) is 9.97 Å². The highest BCUT2D eigenvalue weighted by molar-refractivity contribution is 5.92. The van der Waals surface area contributed by atoms with Crippen LogP contribution in [0.3, 0.4) is 0 Å². The summed E-state index contributed by atoms with van der Waals surface area (Å²) in [6, 6.07) is 7.46. The molecule has 0 radical (unpaired) electrons. The highest BCUT2D eigenvalue weighted by Crippen LogP contribution is 2.35. The number of hydrogen-bond acceptors (Lipinski definition) is 6. The van der Waals surface area contributed by atoms with Gasteiger partial charge in [0.2, 0.25) is 5.95 Å². The van der Waals surface area contributed by atoms with E-state index in [4.69, 9.17) is 4.74 Å². The number of ether oxygens (including phenoxy) is 1. The van der Waals surface area contributed by atoms with Crippen molar-refractivity contribution in [3.05, 3.63) is 48.5 Å². The van der Waals surface area contributed by atoms with Gasteiger partial charge < -0.3 is 15.0 Å². The van der Waals surface area contributed by atoms with E-state index >= 15 is 0 Å². The predicted molar refractivity (Wildman–Crippen MR) is 92.1 cm³/mol. The molecule has 2 atom stereocenters. The highest BCUT2D eigenvalue weighted by Gasteiger charge is 2.45. The number of carbonyl (C=O) groups excluding carboxylic acids is 1. The third kappa shape index (κ3) is 3.46. The third-order valence-electron chi connectivity index (χ3n) is 4.88. The molecule has 2 saturated heterocycles. The van der Waals surface area contributed by atoms with E-state index in [2.05, 4.69) is 20.3 Å². The van der Waals surface area contributed by atoms with Crippen LogP contribution in [0.15, 0.2) is 42.9 Å². The zero-order valence-electron chi connectivity index (χ0n) is 14.0. The molecule has 1 N–H and O–H groups in total. The van der Waals surface area contributed by atoms with Gasteiger partial charge in [-0.1, -0.05) is 6.07 Å². The molecule has 25 heavy (non-hydrogen) atoms. The van der Waals surface area contributed by atoms with Crippen LogP contribution in [0.25, 0.3) is 0 Å². The molecular formula is C18H21N5O2. The molecule has 2 aliphatic heterocycles. The van der Waals surface area contributed by atoms with E-state index in [0.717, 1.165) is 19.3 Å². The monoisotopic (exact) mass is 339 g/mol. The Morgan fingerprint density at radius 1 is 1.20 bits per heavy atom. The number of nitrogens with one attached hydrogen (secondary N) is 1. The Labute approximate surface area is 146 Å². The van der Waals surface area contributed by atoms with Crippen molar-refractivity contribution in [1.82, 2.24) is 19.9 Å². The molecule has 4 heterocycles. The van der Waals surface area contributed by atoms with E-state index in [-0.39, 0.29) is 17.6 Å². The number of amides is 1. The molecule has 2 aromatic rings. The number of rotatable bonds is 3. The van der Waals surface area contributed by atoms with Gasteiger partial charge in [0.1, 0.15) is 5.69 Å². The lowest BCUT2D eigenvalue weighted by Gasteiger charge is -2.38. The second-order valence-electron chi connectivity index (χ2n) is 6.63. The molecule has 1 amide bonds. The molecule has 4 rings (SSSR count). The summed E-state index contributed by atoms with van der Waals surface area (Å²) in [6.07, 6.45) is 7.71. The van der Waals surface area contributed by atoms with Crippen LogP contribution in [0.4, 0.5) is 5.95 Å². The van der Waals surface area contributed by atoms with E-state index < -0.39 is 0 Å². The molecule has 2 aromatic heterocycles. The quantitative estimate of drug-likeness (QED) is 0.918. The first-order valence-corrected chi connectivity index (χ1v) is 8.62. The third-order valence-corrected chi connectivity index (χ3v) is 4.88. The van der Waals surface area contributed by atoms with Crippen LogP contribution < -0.4 is 5.32 Å². The first-order chi connectivity index (χ1) is 12.2. The molecule has 0 saturated carbocycles. The molecule has 2 aliphatic rings. The van der Waals surface area contributed by atoms with Gasteiger partial charge in [-0.3, -0.25) is 9.78 Å². The van der Waals surface area contributed by atoms with Crippen molar-refractivity contribution in [1.29, 1.82) is 0 Å². The Balaban J connectivity index is 1.41. The van der Waals surface area contributed by atoms with Crippen molar-refractivity contribution in [3.63, 3.8) is 0 Å². The number of anilines is 1. The first kappa shape index (κ1) is 16.0. The molecule has 0 aliphatic carbocycles. The van der Waals surface area contributed by atoms with Gasteiger partial charge >= 0.3 is 0 Å². The maximum absolute atomic E-state index is 12.6. The molecule has 1 spiro atoms. The van der Waals surface area contributed by atoms with Crippen molar-refractivity contribution < 1.29 is 9.53 Å². The summed E-state index contributed by atoms with van der Waals surface area (Å²) in [5.74, 6) is 0.617. The van der Waals surface area contributed by atoms with Crippen molar-refractivity contribution in [2.24, 2.45) is 0 Å². The van der Waals surface area contributed by atoms with Gasteiger partial charge in [0.15, 0.2) is 0 Å².